The van der Waals surface area contributed by atoms with E-state index in [9.17, 15) is 4.79 Å². The molecule has 1 amide bonds. The van der Waals surface area contributed by atoms with Gasteiger partial charge in [-0.2, -0.15) is 0 Å². The molecule has 2 aliphatic rings. The number of aryl methyl sites for hydroxylation is 1. The monoisotopic (exact) mass is 330 g/mol. The van der Waals surface area contributed by atoms with Gasteiger partial charge in [-0.1, -0.05) is 19.3 Å². The Kier molecular flexibility index (Phi) is 5.82. The molecule has 1 aliphatic heterocycles. The van der Waals surface area contributed by atoms with E-state index in [-0.39, 0.29) is 5.91 Å². The van der Waals surface area contributed by atoms with Crippen LogP contribution in [-0.2, 0) is 11.3 Å². The molecule has 0 spiro atoms. The van der Waals surface area contributed by atoms with E-state index in [1.54, 1.807) is 6.92 Å². The van der Waals surface area contributed by atoms with E-state index in [2.05, 4.69) is 15.2 Å². The highest BCUT2D eigenvalue weighted by molar-refractivity contribution is 5.72. The van der Waals surface area contributed by atoms with Crippen molar-refractivity contribution in [2.45, 2.75) is 71.4 Å². The van der Waals surface area contributed by atoms with Crippen molar-refractivity contribution < 1.29 is 4.79 Å². The van der Waals surface area contributed by atoms with Gasteiger partial charge in [0.15, 0.2) is 0 Å². The van der Waals surface area contributed by atoms with E-state index in [1.165, 1.54) is 51.6 Å². The van der Waals surface area contributed by atoms with Gasteiger partial charge in [0.25, 0.3) is 0 Å². The predicted molar refractivity (Wildman–Crippen MR) is 94.4 cm³/mol. The van der Waals surface area contributed by atoms with Crippen molar-refractivity contribution in [1.29, 1.82) is 0 Å². The topological polar surface area (TPSA) is 58.1 Å². The fraction of sp³-hybridized carbons (Fsp3) is 0.737. The molecule has 1 atom stereocenters. The van der Waals surface area contributed by atoms with Crippen LogP contribution < -0.4 is 5.32 Å². The average molecular weight is 330 g/mol. The van der Waals surface area contributed by atoms with Crippen molar-refractivity contribution in [3.63, 3.8) is 0 Å². The number of hydrogen-bond acceptors (Lipinski definition) is 4. The third-order valence-corrected chi connectivity index (χ3v) is 5.44. The fourth-order valence-corrected chi connectivity index (χ4v) is 4.21. The molecule has 0 aromatic carbocycles. The van der Waals surface area contributed by atoms with Gasteiger partial charge >= 0.3 is 0 Å². The van der Waals surface area contributed by atoms with E-state index in [0.29, 0.717) is 12.6 Å². The molecule has 1 N–H and O–H groups in total. The van der Waals surface area contributed by atoms with Crippen molar-refractivity contribution in [3.8, 4) is 0 Å². The summed E-state index contributed by atoms with van der Waals surface area (Å²) >= 11 is 0. The Morgan fingerprint density at radius 1 is 1.25 bits per heavy atom. The summed E-state index contributed by atoms with van der Waals surface area (Å²) in [6, 6.07) is 0.386. The van der Waals surface area contributed by atoms with Gasteiger partial charge in [0.05, 0.1) is 11.7 Å². The number of nitrogens with one attached hydrogen (secondary N) is 1. The molecule has 24 heavy (non-hydrogen) atoms. The lowest BCUT2D eigenvalue weighted by atomic mass is 9.88. The van der Waals surface area contributed by atoms with Gasteiger partial charge in [0, 0.05) is 31.8 Å². The Morgan fingerprint density at radius 2 is 2.04 bits per heavy atom. The SMILES string of the molecule is CC(=O)NCc1cnc(C)nc1[C@H]1CCCN1CC1CCCCC1. The summed E-state index contributed by atoms with van der Waals surface area (Å²) in [6.45, 7) is 6.40. The zero-order chi connectivity index (χ0) is 16.9. The molecule has 132 valence electrons. The highest BCUT2D eigenvalue weighted by Gasteiger charge is 2.31. The summed E-state index contributed by atoms with van der Waals surface area (Å²) < 4.78 is 0. The molecular weight excluding hydrogens is 300 g/mol. The molecule has 1 aromatic rings. The molecule has 5 nitrogen and oxygen atoms in total. The number of amides is 1. The Hall–Kier alpha value is -1.49. The van der Waals surface area contributed by atoms with Gasteiger partial charge in [0.2, 0.25) is 5.91 Å². The number of carbonyl (C=O) groups excluding carboxylic acids is 1. The number of carbonyl (C=O) groups is 1. The van der Waals surface area contributed by atoms with Crippen molar-refractivity contribution in [1.82, 2.24) is 20.2 Å². The highest BCUT2D eigenvalue weighted by Crippen LogP contribution is 2.35. The summed E-state index contributed by atoms with van der Waals surface area (Å²) in [7, 11) is 0. The normalized spacial score (nSPS) is 22.7. The van der Waals surface area contributed by atoms with Crippen LogP contribution in [0.2, 0.25) is 0 Å². The first kappa shape index (κ1) is 17.3. The van der Waals surface area contributed by atoms with Crippen LogP contribution in [-0.4, -0.2) is 33.9 Å². The van der Waals surface area contributed by atoms with E-state index in [4.69, 9.17) is 4.98 Å². The number of aromatic nitrogens is 2. The second-order valence-electron chi connectivity index (χ2n) is 7.39. The molecule has 1 aliphatic carbocycles. The Balaban J connectivity index is 1.75. The minimum absolute atomic E-state index is 0.00740. The lowest BCUT2D eigenvalue weighted by Gasteiger charge is -2.31. The van der Waals surface area contributed by atoms with Gasteiger partial charge in [-0.25, -0.2) is 9.97 Å². The maximum Gasteiger partial charge on any atom is 0.217 e. The van der Waals surface area contributed by atoms with E-state index in [1.807, 2.05) is 13.1 Å². The predicted octanol–water partition coefficient (Wildman–Crippen LogP) is 3.14. The summed E-state index contributed by atoms with van der Waals surface area (Å²) in [4.78, 5) is 23.0. The summed E-state index contributed by atoms with van der Waals surface area (Å²) in [6.07, 6.45) is 11.2. The fourth-order valence-electron chi connectivity index (χ4n) is 4.21. The van der Waals surface area contributed by atoms with Crippen LogP contribution in [0.4, 0.5) is 0 Å². The van der Waals surface area contributed by atoms with Crippen molar-refractivity contribution in [2.75, 3.05) is 13.1 Å². The van der Waals surface area contributed by atoms with Crippen molar-refractivity contribution in [3.05, 3.63) is 23.3 Å². The molecule has 0 radical (unpaired) electrons. The zero-order valence-corrected chi connectivity index (χ0v) is 15.1. The van der Waals surface area contributed by atoms with Gasteiger partial charge in [-0.3, -0.25) is 9.69 Å². The van der Waals surface area contributed by atoms with Crippen molar-refractivity contribution in [2.24, 2.45) is 5.92 Å². The number of nitrogens with zero attached hydrogens (tertiary/aromatic N) is 3. The van der Waals surface area contributed by atoms with Crippen LogP contribution in [0.5, 0.6) is 0 Å². The molecule has 3 rings (SSSR count). The van der Waals surface area contributed by atoms with Crippen molar-refractivity contribution >= 4 is 5.91 Å². The van der Waals surface area contributed by atoms with Gasteiger partial charge in [-0.15, -0.1) is 0 Å². The lowest BCUT2D eigenvalue weighted by molar-refractivity contribution is -0.119. The summed E-state index contributed by atoms with van der Waals surface area (Å²) in [5.41, 5.74) is 2.20. The molecule has 2 heterocycles. The molecule has 2 fully saturated rings. The maximum absolute atomic E-state index is 11.3. The summed E-state index contributed by atoms with van der Waals surface area (Å²) in [5, 5.41) is 2.90. The van der Waals surface area contributed by atoms with Gasteiger partial charge in [0.1, 0.15) is 5.82 Å². The molecule has 5 heteroatoms. The van der Waals surface area contributed by atoms with Gasteiger partial charge in [-0.05, 0) is 45.1 Å². The quantitative estimate of drug-likeness (QED) is 0.901. The first-order valence-electron chi connectivity index (χ1n) is 9.44. The largest absolute Gasteiger partial charge is 0.352 e. The molecule has 0 bridgehead atoms. The zero-order valence-electron chi connectivity index (χ0n) is 15.1. The Bertz CT molecular complexity index is 568. The molecule has 1 saturated carbocycles. The van der Waals surface area contributed by atoms with Crippen LogP contribution in [0.15, 0.2) is 6.20 Å². The first-order chi connectivity index (χ1) is 11.6. The smallest absolute Gasteiger partial charge is 0.217 e. The Morgan fingerprint density at radius 3 is 2.79 bits per heavy atom. The first-order valence-corrected chi connectivity index (χ1v) is 9.44. The number of rotatable bonds is 5. The molecule has 1 saturated heterocycles. The third-order valence-electron chi connectivity index (χ3n) is 5.44. The second kappa shape index (κ2) is 8.06. The van der Waals surface area contributed by atoms with E-state index in [0.717, 1.165) is 29.4 Å². The molecule has 0 unspecified atom stereocenters. The standard InChI is InChI=1S/C19H30N4O/c1-14-20-11-17(12-21-15(2)24)19(22-14)18-9-6-10-23(18)13-16-7-4-3-5-8-16/h11,16,18H,3-10,12-13H2,1-2H3,(H,21,24)/t18-/m1/s1. The minimum Gasteiger partial charge on any atom is -0.352 e. The van der Waals surface area contributed by atoms with Crippen LogP contribution in [0.3, 0.4) is 0 Å². The average Bonchev–Trinajstić information content (AvgIpc) is 3.02. The minimum atomic E-state index is -0.00740. The molecule has 1 aromatic heterocycles. The van der Waals surface area contributed by atoms with Crippen LogP contribution in [0.1, 0.15) is 75.0 Å². The Labute approximate surface area is 145 Å². The van der Waals surface area contributed by atoms with Crippen LogP contribution in [0, 0.1) is 12.8 Å². The second-order valence-corrected chi connectivity index (χ2v) is 7.39. The molecular formula is C19H30N4O. The number of likely N-dealkylation sites (tertiary alicyclic amines) is 1. The maximum atomic E-state index is 11.3. The van der Waals surface area contributed by atoms with Gasteiger partial charge < -0.3 is 5.32 Å². The van der Waals surface area contributed by atoms with Crippen LogP contribution >= 0.6 is 0 Å². The van der Waals surface area contributed by atoms with E-state index >= 15 is 0 Å². The lowest BCUT2D eigenvalue weighted by Crippen LogP contribution is -2.32. The van der Waals surface area contributed by atoms with Crippen LogP contribution in [0.25, 0.3) is 0 Å². The third kappa shape index (κ3) is 4.32. The van der Waals surface area contributed by atoms with E-state index < -0.39 is 0 Å². The highest BCUT2D eigenvalue weighted by atomic mass is 16.1. The number of hydrogen-bond donors (Lipinski definition) is 1. The summed E-state index contributed by atoms with van der Waals surface area (Å²) in [5.74, 6) is 1.66.